The molecule has 3 nitrogen and oxygen atoms in total. The molecule has 0 heterocycles. The van der Waals surface area contributed by atoms with E-state index in [9.17, 15) is 9.90 Å². The minimum Gasteiger partial charge on any atom is -0.465 e. The Kier molecular flexibility index (Phi) is 5.43. The molecule has 0 saturated heterocycles. The summed E-state index contributed by atoms with van der Waals surface area (Å²) in [6.45, 7) is 5.22. The molecule has 92 valence electrons. The number of hydrogen-bond donors (Lipinski definition) is 1. The normalized spacial score (nSPS) is 13.8. The van der Waals surface area contributed by atoms with Gasteiger partial charge in [0.2, 0.25) is 0 Å². The third-order valence-electron chi connectivity index (χ3n) is 2.56. The summed E-state index contributed by atoms with van der Waals surface area (Å²) in [5.74, 6) is -0.488. The van der Waals surface area contributed by atoms with E-state index >= 15 is 0 Å². The lowest BCUT2D eigenvalue weighted by Crippen LogP contribution is -2.19. The van der Waals surface area contributed by atoms with Gasteiger partial charge in [-0.05, 0) is 12.0 Å². The van der Waals surface area contributed by atoms with Crippen LogP contribution < -0.4 is 0 Å². The molecule has 0 amide bonds. The number of allylic oxidation sites excluding steroid dienone is 1. The van der Waals surface area contributed by atoms with Crippen molar-refractivity contribution < 1.29 is 14.6 Å². The predicted octanol–water partition coefficient (Wildman–Crippen LogP) is 2.48. The van der Waals surface area contributed by atoms with E-state index in [2.05, 4.69) is 6.58 Å². The van der Waals surface area contributed by atoms with Crippen molar-refractivity contribution in [2.24, 2.45) is 5.92 Å². The molecule has 0 aliphatic heterocycles. The minimum absolute atomic E-state index is 0.154. The molecule has 2 atom stereocenters. The van der Waals surface area contributed by atoms with Crippen LogP contribution in [0.25, 0.3) is 0 Å². The number of benzene rings is 1. The molecule has 0 radical (unpaired) electrons. The maximum absolute atomic E-state index is 10.8. The van der Waals surface area contributed by atoms with Gasteiger partial charge in [0.05, 0.1) is 12.7 Å². The van der Waals surface area contributed by atoms with Crippen LogP contribution in [0.15, 0.2) is 43.0 Å². The largest absolute Gasteiger partial charge is 0.465 e. The molecule has 17 heavy (non-hydrogen) atoms. The predicted molar refractivity (Wildman–Crippen MR) is 66.3 cm³/mol. The molecular formula is C14H18O3. The Morgan fingerprint density at radius 2 is 2.12 bits per heavy atom. The SMILES string of the molecule is C=CC[C@@H](COC(C)=O)[C@@H](O)c1ccccc1. The third kappa shape index (κ3) is 4.41. The first kappa shape index (κ1) is 13.5. The maximum atomic E-state index is 10.8. The molecule has 0 aliphatic carbocycles. The van der Waals surface area contributed by atoms with E-state index in [0.717, 1.165) is 5.56 Å². The molecule has 1 rings (SSSR count). The van der Waals surface area contributed by atoms with Crippen LogP contribution in [-0.4, -0.2) is 17.7 Å². The van der Waals surface area contributed by atoms with E-state index < -0.39 is 6.10 Å². The molecule has 0 spiro atoms. The number of aliphatic hydroxyl groups is 1. The van der Waals surface area contributed by atoms with Crippen LogP contribution in [0, 0.1) is 5.92 Å². The van der Waals surface area contributed by atoms with Crippen LogP contribution in [0.5, 0.6) is 0 Å². The van der Waals surface area contributed by atoms with Crippen molar-refractivity contribution in [1.82, 2.24) is 0 Å². The van der Waals surface area contributed by atoms with Gasteiger partial charge in [-0.3, -0.25) is 4.79 Å². The molecule has 0 bridgehead atoms. The van der Waals surface area contributed by atoms with Gasteiger partial charge in [-0.15, -0.1) is 6.58 Å². The zero-order chi connectivity index (χ0) is 12.7. The van der Waals surface area contributed by atoms with Gasteiger partial charge in [0.1, 0.15) is 0 Å². The summed E-state index contributed by atoms with van der Waals surface area (Å²) in [4.78, 5) is 10.8. The lowest BCUT2D eigenvalue weighted by Gasteiger charge is -2.21. The number of rotatable bonds is 6. The Morgan fingerprint density at radius 3 is 2.65 bits per heavy atom. The zero-order valence-corrected chi connectivity index (χ0v) is 10.0. The van der Waals surface area contributed by atoms with Crippen LogP contribution in [0.2, 0.25) is 0 Å². The number of hydrogen-bond acceptors (Lipinski definition) is 3. The summed E-state index contributed by atoms with van der Waals surface area (Å²) in [6.07, 6.45) is 1.68. The fourth-order valence-electron chi connectivity index (χ4n) is 1.65. The Hall–Kier alpha value is -1.61. The molecule has 0 aliphatic rings. The highest BCUT2D eigenvalue weighted by Gasteiger charge is 2.20. The fraction of sp³-hybridized carbons (Fsp3) is 0.357. The van der Waals surface area contributed by atoms with Crippen LogP contribution in [-0.2, 0) is 9.53 Å². The van der Waals surface area contributed by atoms with Crippen molar-refractivity contribution in [3.8, 4) is 0 Å². The molecular weight excluding hydrogens is 216 g/mol. The Balaban J connectivity index is 2.69. The molecule has 3 heteroatoms. The van der Waals surface area contributed by atoms with Gasteiger partial charge in [-0.2, -0.15) is 0 Å². The highest BCUT2D eigenvalue weighted by Crippen LogP contribution is 2.25. The summed E-state index contributed by atoms with van der Waals surface area (Å²) < 4.78 is 4.95. The van der Waals surface area contributed by atoms with Crippen molar-refractivity contribution in [3.05, 3.63) is 48.6 Å². The Labute approximate surface area is 102 Å². The zero-order valence-electron chi connectivity index (χ0n) is 10.0. The first-order valence-electron chi connectivity index (χ1n) is 5.62. The molecule has 1 aromatic carbocycles. The van der Waals surface area contributed by atoms with E-state index in [4.69, 9.17) is 4.74 Å². The summed E-state index contributed by atoms with van der Waals surface area (Å²) in [6, 6.07) is 9.35. The van der Waals surface area contributed by atoms with E-state index in [0.29, 0.717) is 6.42 Å². The third-order valence-corrected chi connectivity index (χ3v) is 2.56. The molecule has 0 unspecified atom stereocenters. The maximum Gasteiger partial charge on any atom is 0.302 e. The van der Waals surface area contributed by atoms with Gasteiger partial charge >= 0.3 is 5.97 Å². The van der Waals surface area contributed by atoms with Gasteiger partial charge < -0.3 is 9.84 Å². The summed E-state index contributed by atoms with van der Waals surface area (Å²) in [5, 5.41) is 10.2. The van der Waals surface area contributed by atoms with Crippen LogP contribution in [0.1, 0.15) is 25.0 Å². The second-order valence-electron chi connectivity index (χ2n) is 3.94. The van der Waals surface area contributed by atoms with Gasteiger partial charge in [0.25, 0.3) is 0 Å². The average molecular weight is 234 g/mol. The number of aliphatic hydroxyl groups excluding tert-OH is 1. The fourth-order valence-corrected chi connectivity index (χ4v) is 1.65. The molecule has 0 aromatic heterocycles. The monoisotopic (exact) mass is 234 g/mol. The van der Waals surface area contributed by atoms with E-state index in [1.807, 2.05) is 30.3 Å². The lowest BCUT2D eigenvalue weighted by molar-refractivity contribution is -0.143. The van der Waals surface area contributed by atoms with E-state index in [1.165, 1.54) is 6.92 Å². The Bertz CT molecular complexity index is 359. The standard InChI is InChI=1S/C14H18O3/c1-3-7-13(10-17-11(2)15)14(16)12-8-5-4-6-9-12/h3-6,8-9,13-14,16H,1,7,10H2,2H3/t13-,14-/m0/s1. The van der Waals surface area contributed by atoms with Gasteiger partial charge in [0.15, 0.2) is 0 Å². The molecule has 0 fully saturated rings. The summed E-state index contributed by atoms with van der Waals surface area (Å²) >= 11 is 0. The van der Waals surface area contributed by atoms with Gasteiger partial charge in [0, 0.05) is 12.8 Å². The molecule has 0 saturated carbocycles. The molecule has 1 N–H and O–H groups in total. The quantitative estimate of drug-likeness (QED) is 0.607. The number of esters is 1. The van der Waals surface area contributed by atoms with Gasteiger partial charge in [-0.25, -0.2) is 0 Å². The van der Waals surface area contributed by atoms with Crippen LogP contribution >= 0.6 is 0 Å². The summed E-state index contributed by atoms with van der Waals surface area (Å²) in [5.41, 5.74) is 0.825. The van der Waals surface area contributed by atoms with Crippen molar-refractivity contribution >= 4 is 5.97 Å². The topological polar surface area (TPSA) is 46.5 Å². The van der Waals surface area contributed by atoms with Gasteiger partial charge in [-0.1, -0.05) is 36.4 Å². The second kappa shape index (κ2) is 6.86. The van der Waals surface area contributed by atoms with Crippen molar-refractivity contribution in [2.75, 3.05) is 6.61 Å². The molecule has 1 aromatic rings. The summed E-state index contributed by atoms with van der Waals surface area (Å²) in [7, 11) is 0. The second-order valence-corrected chi connectivity index (χ2v) is 3.94. The van der Waals surface area contributed by atoms with Crippen LogP contribution in [0.4, 0.5) is 0 Å². The lowest BCUT2D eigenvalue weighted by atomic mass is 9.93. The first-order chi connectivity index (χ1) is 8.15. The smallest absolute Gasteiger partial charge is 0.302 e. The Morgan fingerprint density at radius 1 is 1.47 bits per heavy atom. The minimum atomic E-state index is -0.645. The highest BCUT2D eigenvalue weighted by atomic mass is 16.5. The van der Waals surface area contributed by atoms with Crippen molar-refractivity contribution in [2.45, 2.75) is 19.4 Å². The number of carbonyl (C=O) groups excluding carboxylic acids is 1. The number of carbonyl (C=O) groups is 1. The van der Waals surface area contributed by atoms with E-state index in [-0.39, 0.29) is 18.5 Å². The number of ether oxygens (including phenoxy) is 1. The van der Waals surface area contributed by atoms with Crippen molar-refractivity contribution in [3.63, 3.8) is 0 Å². The highest BCUT2D eigenvalue weighted by molar-refractivity contribution is 5.65. The average Bonchev–Trinajstić information content (AvgIpc) is 2.34. The first-order valence-corrected chi connectivity index (χ1v) is 5.62. The van der Waals surface area contributed by atoms with E-state index in [1.54, 1.807) is 6.08 Å². The van der Waals surface area contributed by atoms with Crippen LogP contribution in [0.3, 0.4) is 0 Å². The van der Waals surface area contributed by atoms with Crippen molar-refractivity contribution in [1.29, 1.82) is 0 Å².